The number of nitrogens with zero attached hydrogens (tertiary/aromatic N) is 2. The van der Waals surface area contributed by atoms with E-state index in [2.05, 4.69) is 20.9 Å². The molecule has 2 heterocycles. The molecule has 6 heteroatoms. The van der Waals surface area contributed by atoms with Gasteiger partial charge in [-0.2, -0.15) is 0 Å². The van der Waals surface area contributed by atoms with Crippen LogP contribution < -0.4 is 0 Å². The van der Waals surface area contributed by atoms with Crippen LogP contribution in [0.2, 0.25) is 0 Å². The molecule has 2 rings (SSSR count). The minimum atomic E-state index is -0.484. The molecule has 0 bridgehead atoms. The summed E-state index contributed by atoms with van der Waals surface area (Å²) in [6.45, 7) is 6.28. The van der Waals surface area contributed by atoms with Crippen LogP contribution in [0.3, 0.4) is 0 Å². The third-order valence-electron chi connectivity index (χ3n) is 2.87. The fraction of sp³-hybridized carbons (Fsp3) is 0.692. The van der Waals surface area contributed by atoms with Crippen LogP contribution in [0.5, 0.6) is 0 Å². The van der Waals surface area contributed by atoms with E-state index in [0.717, 1.165) is 18.6 Å². The van der Waals surface area contributed by atoms with Gasteiger partial charge >= 0.3 is 6.09 Å². The molecule has 1 atom stereocenters. The molecule has 1 aliphatic heterocycles. The zero-order valence-electron chi connectivity index (χ0n) is 11.5. The van der Waals surface area contributed by atoms with Crippen molar-refractivity contribution in [2.45, 2.75) is 50.6 Å². The van der Waals surface area contributed by atoms with E-state index >= 15 is 0 Å². The number of alkyl halides is 1. The Kier molecular flexibility index (Phi) is 4.18. The lowest BCUT2D eigenvalue weighted by Gasteiger charge is -2.27. The molecule has 0 N–H and O–H groups in total. The van der Waals surface area contributed by atoms with Crippen LogP contribution in [0.4, 0.5) is 4.79 Å². The molecule has 0 spiro atoms. The zero-order chi connectivity index (χ0) is 14.0. The lowest BCUT2D eigenvalue weighted by molar-refractivity contribution is 0.0203. The van der Waals surface area contributed by atoms with Gasteiger partial charge in [0.2, 0.25) is 5.89 Å². The second-order valence-electron chi connectivity index (χ2n) is 5.63. The minimum Gasteiger partial charge on any atom is -0.444 e. The van der Waals surface area contributed by atoms with Gasteiger partial charge in [-0.05, 0) is 33.6 Å². The highest BCUT2D eigenvalue weighted by Crippen LogP contribution is 2.33. The number of rotatable bonds is 2. The molecule has 5 nitrogen and oxygen atoms in total. The van der Waals surface area contributed by atoms with Gasteiger partial charge in [-0.3, -0.25) is 4.90 Å². The van der Waals surface area contributed by atoms with Gasteiger partial charge in [-0.1, -0.05) is 15.9 Å². The molecule has 106 valence electrons. The molecular weight excluding hydrogens is 312 g/mol. The number of oxazole rings is 1. The van der Waals surface area contributed by atoms with Gasteiger partial charge in [-0.25, -0.2) is 9.78 Å². The van der Waals surface area contributed by atoms with E-state index in [0.29, 0.717) is 17.8 Å². The fourth-order valence-corrected chi connectivity index (χ4v) is 2.36. The summed E-state index contributed by atoms with van der Waals surface area (Å²) < 4.78 is 11.0. The maximum Gasteiger partial charge on any atom is 0.410 e. The van der Waals surface area contributed by atoms with Gasteiger partial charge in [-0.15, -0.1) is 0 Å². The number of aromatic nitrogens is 1. The molecule has 1 fully saturated rings. The van der Waals surface area contributed by atoms with Gasteiger partial charge in [0.15, 0.2) is 0 Å². The molecule has 1 saturated heterocycles. The number of amides is 1. The van der Waals surface area contributed by atoms with E-state index in [4.69, 9.17) is 9.15 Å². The average molecular weight is 331 g/mol. The zero-order valence-corrected chi connectivity index (χ0v) is 13.1. The Hall–Kier alpha value is -1.04. The normalized spacial score (nSPS) is 19.8. The van der Waals surface area contributed by atoms with Crippen molar-refractivity contribution in [3.05, 3.63) is 17.8 Å². The van der Waals surface area contributed by atoms with Crippen molar-refractivity contribution in [1.29, 1.82) is 0 Å². The number of halogens is 1. The Morgan fingerprint density at radius 2 is 2.37 bits per heavy atom. The van der Waals surface area contributed by atoms with Crippen LogP contribution in [-0.4, -0.2) is 28.1 Å². The maximum atomic E-state index is 12.1. The molecule has 1 amide bonds. The minimum absolute atomic E-state index is 0.109. The van der Waals surface area contributed by atoms with Gasteiger partial charge < -0.3 is 9.15 Å². The molecule has 0 aromatic carbocycles. The van der Waals surface area contributed by atoms with Crippen molar-refractivity contribution in [1.82, 2.24) is 9.88 Å². The number of carbonyl (C=O) groups excluding carboxylic acids is 1. The maximum absolute atomic E-state index is 12.1. The molecule has 19 heavy (non-hydrogen) atoms. The van der Waals surface area contributed by atoms with Crippen molar-refractivity contribution in [3.63, 3.8) is 0 Å². The third-order valence-corrected chi connectivity index (χ3v) is 3.42. The van der Waals surface area contributed by atoms with Crippen molar-refractivity contribution in [2.75, 3.05) is 6.54 Å². The largest absolute Gasteiger partial charge is 0.444 e. The lowest BCUT2D eigenvalue weighted by atomic mass is 10.2. The highest BCUT2D eigenvalue weighted by atomic mass is 79.9. The first-order valence-electron chi connectivity index (χ1n) is 6.41. The number of carbonyl (C=O) groups is 1. The van der Waals surface area contributed by atoms with Crippen LogP contribution >= 0.6 is 15.9 Å². The standard InChI is InChI=1S/C13H19BrN2O3/c1-13(2,3)19-12(17)16-6-4-5-10(16)11-15-8-9(7-14)18-11/h8,10H,4-7H2,1-3H3/t10-/m0/s1. The Bertz CT molecular complexity index is 453. The summed E-state index contributed by atoms with van der Waals surface area (Å²) in [6.07, 6.45) is 3.20. The first-order chi connectivity index (χ1) is 8.90. The van der Waals surface area contributed by atoms with E-state index in [-0.39, 0.29) is 12.1 Å². The van der Waals surface area contributed by atoms with Gasteiger partial charge in [0.05, 0.1) is 11.5 Å². The molecular formula is C13H19BrN2O3. The van der Waals surface area contributed by atoms with Crippen molar-refractivity contribution < 1.29 is 13.9 Å². The summed E-state index contributed by atoms with van der Waals surface area (Å²) in [5, 5.41) is 0.624. The molecule has 1 aliphatic rings. The van der Waals surface area contributed by atoms with Crippen LogP contribution in [0.15, 0.2) is 10.6 Å². The first-order valence-corrected chi connectivity index (χ1v) is 7.53. The molecule has 0 saturated carbocycles. The summed E-state index contributed by atoms with van der Waals surface area (Å²) >= 11 is 3.32. The monoisotopic (exact) mass is 330 g/mol. The first kappa shape index (κ1) is 14.4. The van der Waals surface area contributed by atoms with Crippen molar-refractivity contribution in [2.24, 2.45) is 0 Å². The predicted molar refractivity (Wildman–Crippen MR) is 74.0 cm³/mol. The van der Waals surface area contributed by atoms with Crippen LogP contribution in [0, 0.1) is 0 Å². The fourth-order valence-electron chi connectivity index (χ4n) is 2.10. The van der Waals surface area contributed by atoms with Crippen LogP contribution in [-0.2, 0) is 10.1 Å². The Balaban J connectivity index is 2.10. The Labute approximate surface area is 121 Å². The van der Waals surface area contributed by atoms with Crippen LogP contribution in [0.25, 0.3) is 0 Å². The smallest absolute Gasteiger partial charge is 0.410 e. The number of hydrogen-bond donors (Lipinski definition) is 0. The summed E-state index contributed by atoms with van der Waals surface area (Å²) in [4.78, 5) is 18.1. The topological polar surface area (TPSA) is 55.6 Å². The summed E-state index contributed by atoms with van der Waals surface area (Å²) in [6, 6.07) is -0.109. The molecule has 0 unspecified atom stereocenters. The molecule has 0 aliphatic carbocycles. The highest BCUT2D eigenvalue weighted by molar-refractivity contribution is 9.08. The quantitative estimate of drug-likeness (QED) is 0.777. The van der Waals surface area contributed by atoms with Gasteiger partial charge in [0.1, 0.15) is 17.4 Å². The van der Waals surface area contributed by atoms with Crippen molar-refractivity contribution in [3.8, 4) is 0 Å². The predicted octanol–water partition coefficient (Wildman–Crippen LogP) is 3.64. The summed E-state index contributed by atoms with van der Waals surface area (Å²) in [5.41, 5.74) is -0.484. The second-order valence-corrected chi connectivity index (χ2v) is 6.19. The Morgan fingerprint density at radius 3 is 2.95 bits per heavy atom. The van der Waals surface area contributed by atoms with E-state index in [1.807, 2.05) is 20.8 Å². The van der Waals surface area contributed by atoms with E-state index in [1.165, 1.54) is 0 Å². The highest BCUT2D eigenvalue weighted by Gasteiger charge is 2.35. The SMILES string of the molecule is CC(C)(C)OC(=O)N1CCC[C@H]1c1ncc(CBr)o1. The number of likely N-dealkylation sites (tertiary alicyclic amines) is 1. The molecule has 1 aromatic rings. The van der Waals surface area contributed by atoms with E-state index in [9.17, 15) is 4.79 Å². The Morgan fingerprint density at radius 1 is 1.63 bits per heavy atom. The lowest BCUT2D eigenvalue weighted by Crippen LogP contribution is -2.36. The van der Waals surface area contributed by atoms with Gasteiger partial charge in [0, 0.05) is 6.54 Å². The van der Waals surface area contributed by atoms with Crippen molar-refractivity contribution >= 4 is 22.0 Å². The molecule has 0 radical (unpaired) electrons. The number of hydrogen-bond acceptors (Lipinski definition) is 4. The van der Waals surface area contributed by atoms with E-state index in [1.54, 1.807) is 11.1 Å². The third kappa shape index (κ3) is 3.49. The second kappa shape index (κ2) is 5.53. The summed E-state index contributed by atoms with van der Waals surface area (Å²) in [7, 11) is 0. The van der Waals surface area contributed by atoms with Gasteiger partial charge in [0.25, 0.3) is 0 Å². The number of ether oxygens (including phenoxy) is 1. The van der Waals surface area contributed by atoms with E-state index < -0.39 is 5.60 Å². The average Bonchev–Trinajstić information content (AvgIpc) is 2.95. The molecule has 1 aromatic heterocycles. The van der Waals surface area contributed by atoms with Crippen LogP contribution in [0.1, 0.15) is 51.3 Å². The summed E-state index contributed by atoms with van der Waals surface area (Å²) in [5.74, 6) is 1.36.